The van der Waals surface area contributed by atoms with Crippen molar-refractivity contribution >= 4 is 0 Å². The van der Waals surface area contributed by atoms with Crippen LogP contribution in [0.3, 0.4) is 0 Å². The van der Waals surface area contributed by atoms with Crippen molar-refractivity contribution in [3.05, 3.63) is 23.7 Å². The van der Waals surface area contributed by atoms with Crippen LogP contribution >= 0.6 is 0 Å². The van der Waals surface area contributed by atoms with Crippen LogP contribution < -0.4 is 5.32 Å². The van der Waals surface area contributed by atoms with Gasteiger partial charge in [-0.25, -0.2) is 0 Å². The predicted molar refractivity (Wildman–Crippen MR) is 76.0 cm³/mol. The molecule has 0 aliphatic carbocycles. The Bertz CT molecular complexity index is 357. The summed E-state index contributed by atoms with van der Waals surface area (Å²) in [5.41, 5.74) is 1.29. The summed E-state index contributed by atoms with van der Waals surface area (Å²) >= 11 is 0. The molecule has 0 amide bonds. The normalized spacial score (nSPS) is 18.0. The van der Waals surface area contributed by atoms with Crippen LogP contribution in [0.2, 0.25) is 0 Å². The summed E-state index contributed by atoms with van der Waals surface area (Å²) in [6.45, 7) is 8.16. The van der Waals surface area contributed by atoms with E-state index in [2.05, 4.69) is 23.2 Å². The van der Waals surface area contributed by atoms with E-state index in [0.717, 1.165) is 51.0 Å². The zero-order chi connectivity index (χ0) is 13.5. The fourth-order valence-corrected chi connectivity index (χ4v) is 2.67. The Morgan fingerprint density at radius 2 is 2.21 bits per heavy atom. The molecule has 1 N–H and O–H groups in total. The molecule has 1 saturated heterocycles. The summed E-state index contributed by atoms with van der Waals surface area (Å²) in [6.07, 6.45) is 4.27. The molecule has 1 aromatic rings. The molecule has 0 atom stereocenters. The first-order valence-electron chi connectivity index (χ1n) is 7.30. The lowest BCUT2D eigenvalue weighted by Crippen LogP contribution is -2.34. The molecule has 0 unspecified atom stereocenters. The predicted octanol–water partition coefficient (Wildman–Crippen LogP) is 2.25. The van der Waals surface area contributed by atoms with Gasteiger partial charge in [0.25, 0.3) is 0 Å². The highest BCUT2D eigenvalue weighted by Crippen LogP contribution is 2.20. The SMILES string of the molecule is CCNCc1ccoc1CN1CCC(COC)CC1. The van der Waals surface area contributed by atoms with Crippen molar-refractivity contribution < 1.29 is 9.15 Å². The van der Waals surface area contributed by atoms with Crippen LogP contribution in [-0.2, 0) is 17.8 Å². The Balaban J connectivity index is 1.80. The molecule has 0 saturated carbocycles. The topological polar surface area (TPSA) is 37.6 Å². The van der Waals surface area contributed by atoms with Gasteiger partial charge in [-0.15, -0.1) is 0 Å². The van der Waals surface area contributed by atoms with E-state index in [1.807, 2.05) is 0 Å². The lowest BCUT2D eigenvalue weighted by atomic mass is 9.97. The maximum absolute atomic E-state index is 5.63. The van der Waals surface area contributed by atoms with Crippen molar-refractivity contribution in [2.24, 2.45) is 5.92 Å². The second-order valence-corrected chi connectivity index (χ2v) is 5.32. The van der Waals surface area contributed by atoms with Gasteiger partial charge in [0.1, 0.15) is 5.76 Å². The highest BCUT2D eigenvalue weighted by Gasteiger charge is 2.20. The highest BCUT2D eigenvalue weighted by molar-refractivity contribution is 5.16. The third-order valence-electron chi connectivity index (χ3n) is 3.88. The third kappa shape index (κ3) is 4.34. The molecular weight excluding hydrogens is 240 g/mol. The molecule has 1 aliphatic heterocycles. The van der Waals surface area contributed by atoms with E-state index < -0.39 is 0 Å². The summed E-state index contributed by atoms with van der Waals surface area (Å²) in [5.74, 6) is 1.85. The van der Waals surface area contributed by atoms with Crippen molar-refractivity contribution in [2.45, 2.75) is 32.9 Å². The quantitative estimate of drug-likeness (QED) is 0.821. The molecule has 0 bridgehead atoms. The molecule has 0 aromatic carbocycles. The van der Waals surface area contributed by atoms with Gasteiger partial charge in [-0.2, -0.15) is 0 Å². The van der Waals surface area contributed by atoms with Crippen LogP contribution in [0.4, 0.5) is 0 Å². The largest absolute Gasteiger partial charge is 0.468 e. The molecule has 108 valence electrons. The van der Waals surface area contributed by atoms with Gasteiger partial charge in [-0.3, -0.25) is 4.90 Å². The maximum atomic E-state index is 5.63. The summed E-state index contributed by atoms with van der Waals surface area (Å²) in [6, 6.07) is 2.08. The smallest absolute Gasteiger partial charge is 0.122 e. The van der Waals surface area contributed by atoms with E-state index in [-0.39, 0.29) is 0 Å². The number of ether oxygens (including phenoxy) is 1. The Morgan fingerprint density at radius 3 is 2.89 bits per heavy atom. The molecule has 2 rings (SSSR count). The van der Waals surface area contributed by atoms with Crippen LogP contribution in [0.15, 0.2) is 16.7 Å². The lowest BCUT2D eigenvalue weighted by molar-refractivity contribution is 0.0937. The minimum absolute atomic E-state index is 0.735. The van der Waals surface area contributed by atoms with Crippen molar-refractivity contribution in [1.82, 2.24) is 10.2 Å². The van der Waals surface area contributed by atoms with Gasteiger partial charge in [-0.05, 0) is 44.5 Å². The van der Waals surface area contributed by atoms with Crippen molar-refractivity contribution in [3.8, 4) is 0 Å². The number of rotatable bonds is 7. The summed E-state index contributed by atoms with van der Waals surface area (Å²) < 4.78 is 10.9. The van der Waals surface area contributed by atoms with E-state index in [0.29, 0.717) is 0 Å². The number of nitrogens with one attached hydrogen (secondary N) is 1. The van der Waals surface area contributed by atoms with Crippen molar-refractivity contribution in [3.63, 3.8) is 0 Å². The van der Waals surface area contributed by atoms with E-state index in [9.17, 15) is 0 Å². The van der Waals surface area contributed by atoms with Gasteiger partial charge in [0, 0.05) is 25.8 Å². The molecule has 0 radical (unpaired) electrons. The summed E-state index contributed by atoms with van der Waals surface area (Å²) in [5, 5.41) is 3.36. The average Bonchev–Trinajstić information content (AvgIpc) is 2.86. The van der Waals surface area contributed by atoms with E-state index in [1.54, 1.807) is 13.4 Å². The second-order valence-electron chi connectivity index (χ2n) is 5.32. The molecule has 1 aliphatic rings. The number of methoxy groups -OCH3 is 1. The first kappa shape index (κ1) is 14.6. The maximum Gasteiger partial charge on any atom is 0.122 e. The first-order chi connectivity index (χ1) is 9.33. The Morgan fingerprint density at radius 1 is 1.42 bits per heavy atom. The van der Waals surface area contributed by atoms with Gasteiger partial charge in [0.05, 0.1) is 12.8 Å². The molecule has 4 heteroatoms. The Kier molecular flexibility index (Phi) is 5.89. The van der Waals surface area contributed by atoms with E-state index in [4.69, 9.17) is 9.15 Å². The van der Waals surface area contributed by atoms with E-state index in [1.165, 1.54) is 18.4 Å². The van der Waals surface area contributed by atoms with E-state index >= 15 is 0 Å². The summed E-state index contributed by atoms with van der Waals surface area (Å²) in [4.78, 5) is 2.49. The monoisotopic (exact) mass is 266 g/mol. The molecule has 4 nitrogen and oxygen atoms in total. The molecular formula is C15H26N2O2. The van der Waals surface area contributed by atoms with Gasteiger partial charge in [0.2, 0.25) is 0 Å². The number of hydrogen-bond donors (Lipinski definition) is 1. The van der Waals surface area contributed by atoms with Crippen molar-refractivity contribution in [2.75, 3.05) is 33.4 Å². The molecule has 0 spiro atoms. The third-order valence-corrected chi connectivity index (χ3v) is 3.88. The van der Waals surface area contributed by atoms with Gasteiger partial charge < -0.3 is 14.5 Å². The van der Waals surface area contributed by atoms with Crippen LogP contribution in [-0.4, -0.2) is 38.3 Å². The molecule has 1 aromatic heterocycles. The first-order valence-corrected chi connectivity index (χ1v) is 7.30. The zero-order valence-electron chi connectivity index (χ0n) is 12.2. The number of furan rings is 1. The fraction of sp³-hybridized carbons (Fsp3) is 0.733. The highest BCUT2D eigenvalue weighted by atomic mass is 16.5. The molecule has 19 heavy (non-hydrogen) atoms. The average molecular weight is 266 g/mol. The molecule has 1 fully saturated rings. The summed E-state index contributed by atoms with van der Waals surface area (Å²) in [7, 11) is 1.79. The minimum atomic E-state index is 0.735. The van der Waals surface area contributed by atoms with Crippen LogP contribution in [0.25, 0.3) is 0 Å². The van der Waals surface area contributed by atoms with Gasteiger partial charge in [-0.1, -0.05) is 6.92 Å². The zero-order valence-corrected chi connectivity index (χ0v) is 12.2. The Labute approximate surface area is 116 Å². The standard InChI is InChI=1S/C15H26N2O2/c1-3-16-10-14-6-9-19-15(14)11-17-7-4-13(5-8-17)12-18-2/h6,9,13,16H,3-5,7-8,10-12H2,1-2H3. The minimum Gasteiger partial charge on any atom is -0.468 e. The second kappa shape index (κ2) is 7.68. The number of hydrogen-bond acceptors (Lipinski definition) is 4. The fourth-order valence-electron chi connectivity index (χ4n) is 2.67. The van der Waals surface area contributed by atoms with Crippen LogP contribution in [0.1, 0.15) is 31.1 Å². The number of piperidine rings is 1. The van der Waals surface area contributed by atoms with Crippen LogP contribution in [0, 0.1) is 5.92 Å². The van der Waals surface area contributed by atoms with Crippen LogP contribution in [0.5, 0.6) is 0 Å². The number of nitrogens with zero attached hydrogens (tertiary/aromatic N) is 1. The van der Waals surface area contributed by atoms with Crippen molar-refractivity contribution in [1.29, 1.82) is 0 Å². The lowest BCUT2D eigenvalue weighted by Gasteiger charge is -2.31. The van der Waals surface area contributed by atoms with Gasteiger partial charge >= 0.3 is 0 Å². The van der Waals surface area contributed by atoms with Gasteiger partial charge in [0.15, 0.2) is 0 Å². The Hall–Kier alpha value is -0.840. The molecule has 2 heterocycles. The number of likely N-dealkylation sites (tertiary alicyclic amines) is 1.